The standard InChI is InChI=1S/C17H11BrClNO2/c18-14-8-11(19)7-10(17(14)22)5-6-12-9-16(21)13-3-1-2-4-15(13)20-12/h1-9,22H,(H,20,21)/b6-5+. The van der Waals surface area contributed by atoms with Crippen LogP contribution in [0.1, 0.15) is 11.3 Å². The van der Waals surface area contributed by atoms with Crippen molar-refractivity contribution in [1.29, 1.82) is 0 Å². The molecule has 0 radical (unpaired) electrons. The van der Waals surface area contributed by atoms with E-state index in [-0.39, 0.29) is 11.2 Å². The number of H-pyrrole nitrogens is 1. The van der Waals surface area contributed by atoms with E-state index in [1.165, 1.54) is 6.07 Å². The minimum Gasteiger partial charge on any atom is -0.506 e. The molecule has 3 aromatic rings. The third-order valence-corrected chi connectivity index (χ3v) is 4.08. The molecule has 0 unspecified atom stereocenters. The maximum atomic E-state index is 12.1. The van der Waals surface area contributed by atoms with Crippen molar-refractivity contribution < 1.29 is 5.11 Å². The zero-order chi connectivity index (χ0) is 15.7. The van der Waals surface area contributed by atoms with Gasteiger partial charge in [-0.05, 0) is 52.3 Å². The number of phenols is 1. The Morgan fingerprint density at radius 1 is 1.14 bits per heavy atom. The minimum absolute atomic E-state index is 0.0505. The lowest BCUT2D eigenvalue weighted by molar-refractivity contribution is 0.470. The van der Waals surface area contributed by atoms with E-state index in [4.69, 9.17) is 11.6 Å². The lowest BCUT2D eigenvalue weighted by Crippen LogP contribution is -2.02. The Kier molecular flexibility index (Phi) is 4.05. The second-order valence-corrected chi connectivity index (χ2v) is 6.08. The molecule has 0 aliphatic carbocycles. The van der Waals surface area contributed by atoms with Crippen molar-refractivity contribution in [2.45, 2.75) is 0 Å². The fraction of sp³-hybridized carbons (Fsp3) is 0. The Morgan fingerprint density at radius 3 is 2.73 bits per heavy atom. The summed E-state index contributed by atoms with van der Waals surface area (Å²) < 4.78 is 0.520. The first-order chi connectivity index (χ1) is 10.5. The fourth-order valence-corrected chi connectivity index (χ4v) is 3.03. The SMILES string of the molecule is O=c1cc(/C=C/c2cc(Cl)cc(Br)c2O)[nH]c2ccccc12. The smallest absolute Gasteiger partial charge is 0.189 e. The highest BCUT2D eigenvalue weighted by Gasteiger charge is 2.05. The highest BCUT2D eigenvalue weighted by atomic mass is 79.9. The molecule has 0 fully saturated rings. The maximum Gasteiger partial charge on any atom is 0.189 e. The van der Waals surface area contributed by atoms with E-state index in [0.29, 0.717) is 26.1 Å². The number of fused-ring (bicyclic) bond motifs is 1. The molecule has 0 spiro atoms. The molecule has 0 aliphatic rings. The highest BCUT2D eigenvalue weighted by molar-refractivity contribution is 9.10. The molecule has 0 bridgehead atoms. The molecular formula is C17H11BrClNO2. The Balaban J connectivity index is 2.05. The van der Waals surface area contributed by atoms with E-state index in [0.717, 1.165) is 5.52 Å². The number of para-hydroxylation sites is 1. The van der Waals surface area contributed by atoms with Crippen molar-refractivity contribution in [3.05, 3.63) is 73.4 Å². The third-order valence-electron chi connectivity index (χ3n) is 3.26. The molecule has 110 valence electrons. The molecule has 0 atom stereocenters. The molecule has 5 heteroatoms. The summed E-state index contributed by atoms with van der Waals surface area (Å²) in [6, 6.07) is 12.1. The molecule has 2 N–H and O–H groups in total. The topological polar surface area (TPSA) is 53.1 Å². The largest absolute Gasteiger partial charge is 0.506 e. The van der Waals surface area contributed by atoms with E-state index in [1.54, 1.807) is 30.4 Å². The summed E-state index contributed by atoms with van der Waals surface area (Å²) >= 11 is 9.22. The first-order valence-electron chi connectivity index (χ1n) is 6.53. The summed E-state index contributed by atoms with van der Waals surface area (Å²) in [5, 5.41) is 11.2. The Labute approximate surface area is 140 Å². The van der Waals surface area contributed by atoms with Gasteiger partial charge in [0.1, 0.15) is 5.75 Å². The van der Waals surface area contributed by atoms with Crippen LogP contribution < -0.4 is 5.43 Å². The van der Waals surface area contributed by atoms with Crippen LogP contribution in [0.2, 0.25) is 5.02 Å². The Hall–Kier alpha value is -2.04. The number of nitrogens with one attached hydrogen (secondary N) is 1. The summed E-state index contributed by atoms with van der Waals surface area (Å²) in [6.45, 7) is 0. The van der Waals surface area contributed by atoms with E-state index in [9.17, 15) is 9.90 Å². The molecule has 0 saturated heterocycles. The lowest BCUT2D eigenvalue weighted by Gasteiger charge is -2.03. The number of hydrogen-bond acceptors (Lipinski definition) is 2. The van der Waals surface area contributed by atoms with Crippen molar-refractivity contribution in [2.24, 2.45) is 0 Å². The van der Waals surface area contributed by atoms with Gasteiger partial charge >= 0.3 is 0 Å². The van der Waals surface area contributed by atoms with Crippen LogP contribution in [0.25, 0.3) is 23.1 Å². The normalized spacial score (nSPS) is 11.4. The van der Waals surface area contributed by atoms with Gasteiger partial charge in [-0.2, -0.15) is 0 Å². The first-order valence-corrected chi connectivity index (χ1v) is 7.70. The zero-order valence-corrected chi connectivity index (χ0v) is 13.6. The number of halogens is 2. The Morgan fingerprint density at radius 2 is 1.91 bits per heavy atom. The van der Waals surface area contributed by atoms with Gasteiger partial charge in [0.2, 0.25) is 0 Å². The van der Waals surface area contributed by atoms with Crippen LogP contribution in [0.4, 0.5) is 0 Å². The number of pyridine rings is 1. The van der Waals surface area contributed by atoms with Gasteiger partial charge in [-0.25, -0.2) is 0 Å². The van der Waals surface area contributed by atoms with E-state index < -0.39 is 0 Å². The van der Waals surface area contributed by atoms with Gasteiger partial charge in [-0.1, -0.05) is 23.7 Å². The van der Waals surface area contributed by atoms with Crippen LogP contribution in [-0.2, 0) is 0 Å². The van der Waals surface area contributed by atoms with Crippen LogP contribution in [0.3, 0.4) is 0 Å². The van der Waals surface area contributed by atoms with E-state index in [2.05, 4.69) is 20.9 Å². The molecule has 0 aliphatic heterocycles. The number of aromatic hydroxyl groups is 1. The molecule has 3 nitrogen and oxygen atoms in total. The van der Waals surface area contributed by atoms with Gasteiger partial charge < -0.3 is 10.1 Å². The molecule has 3 rings (SSSR count). The first kappa shape index (κ1) is 14.9. The van der Waals surface area contributed by atoms with E-state index >= 15 is 0 Å². The van der Waals surface area contributed by atoms with Crippen molar-refractivity contribution in [3.63, 3.8) is 0 Å². The van der Waals surface area contributed by atoms with Crippen molar-refractivity contribution in [1.82, 2.24) is 4.98 Å². The molecule has 2 aromatic carbocycles. The summed E-state index contributed by atoms with van der Waals surface area (Å²) in [4.78, 5) is 15.2. The number of aromatic nitrogens is 1. The molecule has 1 aromatic heterocycles. The van der Waals surface area contributed by atoms with Gasteiger partial charge in [0.15, 0.2) is 5.43 Å². The number of benzene rings is 2. The summed E-state index contributed by atoms with van der Waals surface area (Å²) in [5.41, 5.74) is 1.93. The van der Waals surface area contributed by atoms with E-state index in [1.807, 2.05) is 18.2 Å². The predicted molar refractivity (Wildman–Crippen MR) is 94.3 cm³/mol. The van der Waals surface area contributed by atoms with Crippen LogP contribution in [0, 0.1) is 0 Å². The average molecular weight is 377 g/mol. The average Bonchev–Trinajstić information content (AvgIpc) is 2.49. The van der Waals surface area contributed by atoms with Gasteiger partial charge in [-0.15, -0.1) is 0 Å². The summed E-state index contributed by atoms with van der Waals surface area (Å²) in [6.07, 6.45) is 3.43. The van der Waals surface area contributed by atoms with Gasteiger partial charge in [0, 0.05) is 33.2 Å². The quantitative estimate of drug-likeness (QED) is 0.673. The van der Waals surface area contributed by atoms with Crippen molar-refractivity contribution in [2.75, 3.05) is 0 Å². The van der Waals surface area contributed by atoms with Gasteiger partial charge in [-0.3, -0.25) is 4.79 Å². The third kappa shape index (κ3) is 2.93. The number of aromatic amines is 1. The predicted octanol–water partition coefficient (Wildman–Crippen LogP) is 4.82. The monoisotopic (exact) mass is 375 g/mol. The van der Waals surface area contributed by atoms with Gasteiger partial charge in [0.05, 0.1) is 4.47 Å². The molecule has 0 amide bonds. The second kappa shape index (κ2) is 5.99. The molecule has 1 heterocycles. The van der Waals surface area contributed by atoms with Crippen molar-refractivity contribution >= 4 is 50.6 Å². The van der Waals surface area contributed by atoms with Crippen molar-refractivity contribution in [3.8, 4) is 5.75 Å². The van der Waals surface area contributed by atoms with Crippen LogP contribution in [0.5, 0.6) is 5.75 Å². The summed E-state index contributed by atoms with van der Waals surface area (Å²) in [5.74, 6) is 0.101. The Bertz CT molecular complexity index is 947. The fourth-order valence-electron chi connectivity index (χ4n) is 2.20. The van der Waals surface area contributed by atoms with Crippen LogP contribution >= 0.6 is 27.5 Å². The maximum absolute atomic E-state index is 12.1. The van der Waals surface area contributed by atoms with Crippen LogP contribution in [-0.4, -0.2) is 10.1 Å². The van der Waals surface area contributed by atoms with Crippen LogP contribution in [0.15, 0.2) is 51.7 Å². The number of rotatable bonds is 2. The molecule has 0 saturated carbocycles. The number of hydrogen-bond donors (Lipinski definition) is 2. The lowest BCUT2D eigenvalue weighted by atomic mass is 10.1. The summed E-state index contributed by atoms with van der Waals surface area (Å²) in [7, 11) is 0. The second-order valence-electron chi connectivity index (χ2n) is 4.79. The minimum atomic E-state index is -0.0505. The molecular weight excluding hydrogens is 366 g/mol. The number of phenolic OH excluding ortho intramolecular Hbond substituents is 1. The zero-order valence-electron chi connectivity index (χ0n) is 11.3. The highest BCUT2D eigenvalue weighted by Crippen LogP contribution is 2.32. The molecule has 22 heavy (non-hydrogen) atoms. The van der Waals surface area contributed by atoms with Gasteiger partial charge in [0.25, 0.3) is 0 Å².